The van der Waals surface area contributed by atoms with Crippen LogP contribution in [0.5, 0.6) is 5.75 Å². The molecule has 100 valence electrons. The van der Waals surface area contributed by atoms with Crippen molar-refractivity contribution in [2.45, 2.75) is 6.92 Å². The number of carboxylic acids is 1. The highest BCUT2D eigenvalue weighted by molar-refractivity contribution is 7.93. The molecule has 1 aromatic rings. The molecule has 0 heterocycles. The number of ether oxygens (including phenoxy) is 1. The lowest BCUT2D eigenvalue weighted by atomic mass is 10.3. The van der Waals surface area contributed by atoms with Crippen molar-refractivity contribution >= 4 is 33.3 Å². The fraction of sp³-hybridized carbons (Fsp3) is 0.300. The monoisotopic (exact) mass is 293 g/mol. The Kier molecular flexibility index (Phi) is 4.80. The van der Waals surface area contributed by atoms with Crippen LogP contribution in [0.25, 0.3) is 0 Å². The zero-order valence-electron chi connectivity index (χ0n) is 9.51. The first-order valence-electron chi connectivity index (χ1n) is 4.98. The molecule has 0 bridgehead atoms. The predicted molar refractivity (Wildman–Crippen MR) is 67.7 cm³/mol. The Morgan fingerprint density at radius 1 is 1.50 bits per heavy atom. The lowest BCUT2D eigenvalue weighted by Gasteiger charge is -2.12. The number of benzene rings is 1. The van der Waals surface area contributed by atoms with Gasteiger partial charge in [0.2, 0.25) is 10.0 Å². The first-order chi connectivity index (χ1) is 8.34. The van der Waals surface area contributed by atoms with Gasteiger partial charge in [-0.05, 0) is 25.1 Å². The van der Waals surface area contributed by atoms with Crippen LogP contribution in [-0.4, -0.2) is 31.9 Å². The summed E-state index contributed by atoms with van der Waals surface area (Å²) >= 11 is 5.74. The smallest absolute Gasteiger partial charge is 0.320 e. The maximum atomic E-state index is 11.5. The summed E-state index contributed by atoms with van der Waals surface area (Å²) in [4.78, 5) is 10.4. The topological polar surface area (TPSA) is 92.7 Å². The Balaban J connectivity index is 3.02. The number of hydrogen-bond acceptors (Lipinski definition) is 4. The molecule has 0 radical (unpaired) electrons. The van der Waals surface area contributed by atoms with Gasteiger partial charge in [0.25, 0.3) is 0 Å². The molecule has 0 saturated heterocycles. The molecule has 0 atom stereocenters. The molecule has 0 unspecified atom stereocenters. The Morgan fingerprint density at radius 3 is 2.72 bits per heavy atom. The van der Waals surface area contributed by atoms with Gasteiger partial charge in [-0.1, -0.05) is 11.6 Å². The Morgan fingerprint density at radius 2 is 2.17 bits per heavy atom. The van der Waals surface area contributed by atoms with Crippen molar-refractivity contribution in [3.8, 4) is 5.75 Å². The Hall–Kier alpha value is -1.47. The van der Waals surface area contributed by atoms with Crippen LogP contribution in [0.3, 0.4) is 0 Å². The van der Waals surface area contributed by atoms with E-state index in [4.69, 9.17) is 21.4 Å². The number of nitrogens with one attached hydrogen (secondary N) is 1. The average Bonchev–Trinajstić information content (AvgIpc) is 2.19. The lowest BCUT2D eigenvalue weighted by Crippen LogP contribution is -2.22. The van der Waals surface area contributed by atoms with Crippen molar-refractivity contribution in [3.05, 3.63) is 23.2 Å². The molecule has 18 heavy (non-hydrogen) atoms. The van der Waals surface area contributed by atoms with Gasteiger partial charge < -0.3 is 9.84 Å². The number of halogens is 1. The fourth-order valence-corrected chi connectivity index (χ4v) is 2.29. The average molecular weight is 294 g/mol. The number of rotatable bonds is 6. The maximum absolute atomic E-state index is 11.5. The van der Waals surface area contributed by atoms with E-state index in [9.17, 15) is 13.2 Å². The van der Waals surface area contributed by atoms with E-state index in [-0.39, 0.29) is 11.4 Å². The summed E-state index contributed by atoms with van der Waals surface area (Å²) in [5.74, 6) is -2.18. The van der Waals surface area contributed by atoms with Gasteiger partial charge in [0, 0.05) is 5.02 Å². The number of anilines is 1. The van der Waals surface area contributed by atoms with Gasteiger partial charge in [0.15, 0.2) is 5.75 Å². The van der Waals surface area contributed by atoms with E-state index in [1.54, 1.807) is 13.0 Å². The van der Waals surface area contributed by atoms with E-state index < -0.39 is 21.7 Å². The highest BCUT2D eigenvalue weighted by Gasteiger charge is 2.17. The second-order valence-corrected chi connectivity index (χ2v) is 5.49. The van der Waals surface area contributed by atoms with Crippen LogP contribution in [-0.2, 0) is 14.8 Å². The largest absolute Gasteiger partial charge is 0.492 e. The number of aliphatic carboxylic acids is 1. The molecule has 0 aliphatic rings. The van der Waals surface area contributed by atoms with E-state index in [1.807, 2.05) is 0 Å². The molecule has 0 aliphatic heterocycles. The van der Waals surface area contributed by atoms with Crippen LogP contribution in [0, 0.1) is 0 Å². The van der Waals surface area contributed by atoms with Crippen LogP contribution in [0.4, 0.5) is 5.69 Å². The second kappa shape index (κ2) is 5.92. The molecule has 0 saturated carbocycles. The minimum absolute atomic E-state index is 0.116. The van der Waals surface area contributed by atoms with Gasteiger partial charge in [0.1, 0.15) is 5.75 Å². The van der Waals surface area contributed by atoms with Crippen LogP contribution in [0.2, 0.25) is 5.02 Å². The van der Waals surface area contributed by atoms with Crippen molar-refractivity contribution in [1.82, 2.24) is 0 Å². The molecule has 0 spiro atoms. The van der Waals surface area contributed by atoms with Crippen LogP contribution < -0.4 is 9.46 Å². The van der Waals surface area contributed by atoms with Crippen molar-refractivity contribution < 1.29 is 23.1 Å². The highest BCUT2D eigenvalue weighted by Crippen LogP contribution is 2.28. The third kappa shape index (κ3) is 4.42. The summed E-state index contributed by atoms with van der Waals surface area (Å²) in [5, 5.41) is 8.79. The maximum Gasteiger partial charge on any atom is 0.320 e. The predicted octanol–water partition coefficient (Wildman–Crippen LogP) is 1.56. The quantitative estimate of drug-likeness (QED) is 0.830. The van der Waals surface area contributed by atoms with Gasteiger partial charge in [-0.15, -0.1) is 0 Å². The minimum Gasteiger partial charge on any atom is -0.492 e. The molecule has 1 aromatic carbocycles. The summed E-state index contributed by atoms with van der Waals surface area (Å²) in [6.07, 6.45) is 0. The summed E-state index contributed by atoms with van der Waals surface area (Å²) in [5.41, 5.74) is 0.116. The Labute approximate surface area is 110 Å². The van der Waals surface area contributed by atoms with Gasteiger partial charge >= 0.3 is 5.97 Å². The molecule has 0 aliphatic carbocycles. The first kappa shape index (κ1) is 14.6. The zero-order chi connectivity index (χ0) is 13.8. The van der Waals surface area contributed by atoms with Gasteiger partial charge in [-0.3, -0.25) is 9.52 Å². The molecule has 0 amide bonds. The number of carboxylic acid groups (broad SMARTS) is 1. The third-order valence-corrected chi connectivity index (χ3v) is 3.21. The molecule has 1 rings (SSSR count). The zero-order valence-corrected chi connectivity index (χ0v) is 11.1. The van der Waals surface area contributed by atoms with Crippen LogP contribution >= 0.6 is 11.6 Å². The first-order valence-corrected chi connectivity index (χ1v) is 7.01. The summed E-state index contributed by atoms with van der Waals surface area (Å²) < 4.78 is 30.3. The third-order valence-electron chi connectivity index (χ3n) is 1.82. The van der Waals surface area contributed by atoms with Crippen molar-refractivity contribution in [3.63, 3.8) is 0 Å². The van der Waals surface area contributed by atoms with Gasteiger partial charge in [0.05, 0.1) is 12.3 Å². The summed E-state index contributed by atoms with van der Waals surface area (Å²) in [7, 11) is -3.98. The van der Waals surface area contributed by atoms with Gasteiger partial charge in [-0.25, -0.2) is 8.42 Å². The van der Waals surface area contributed by atoms with Crippen LogP contribution in [0.15, 0.2) is 18.2 Å². The Bertz CT molecular complexity index is 543. The number of carbonyl (C=O) groups is 1. The fourth-order valence-electron chi connectivity index (χ4n) is 1.23. The van der Waals surface area contributed by atoms with E-state index in [0.717, 1.165) is 0 Å². The van der Waals surface area contributed by atoms with Crippen molar-refractivity contribution in [2.75, 3.05) is 17.1 Å². The van der Waals surface area contributed by atoms with E-state index in [0.29, 0.717) is 11.6 Å². The lowest BCUT2D eigenvalue weighted by molar-refractivity contribution is -0.134. The van der Waals surface area contributed by atoms with E-state index in [1.165, 1.54) is 12.1 Å². The van der Waals surface area contributed by atoms with Crippen molar-refractivity contribution in [1.29, 1.82) is 0 Å². The second-order valence-electron chi connectivity index (χ2n) is 3.33. The summed E-state index contributed by atoms with van der Waals surface area (Å²) in [6, 6.07) is 4.40. The van der Waals surface area contributed by atoms with E-state index >= 15 is 0 Å². The van der Waals surface area contributed by atoms with Crippen LogP contribution in [0.1, 0.15) is 6.92 Å². The molecule has 8 heteroatoms. The molecular formula is C10H12ClNO5S. The summed E-state index contributed by atoms with van der Waals surface area (Å²) in [6.45, 7) is 2.08. The molecule has 0 aromatic heterocycles. The highest BCUT2D eigenvalue weighted by atomic mass is 35.5. The molecule has 0 fully saturated rings. The van der Waals surface area contributed by atoms with Crippen molar-refractivity contribution in [2.24, 2.45) is 0 Å². The number of hydrogen-bond donors (Lipinski definition) is 2. The van der Waals surface area contributed by atoms with Gasteiger partial charge in [-0.2, -0.15) is 0 Å². The standard InChI is InChI=1S/C10H12ClNO5S/c1-2-17-9-4-3-7(11)5-8(9)12-18(15,16)6-10(13)14/h3-5,12H,2,6H2,1H3,(H,13,14). The normalized spacial score (nSPS) is 11.0. The minimum atomic E-state index is -3.98. The SMILES string of the molecule is CCOc1ccc(Cl)cc1NS(=O)(=O)CC(=O)O. The van der Waals surface area contributed by atoms with E-state index in [2.05, 4.69) is 4.72 Å². The molecule has 2 N–H and O–H groups in total. The molecule has 6 nitrogen and oxygen atoms in total. The number of sulfonamides is 1. The molecular weight excluding hydrogens is 282 g/mol.